The molecule has 5 heteroatoms. The van der Waals surface area contributed by atoms with E-state index in [2.05, 4.69) is 22.8 Å². The number of hydrogen-bond donors (Lipinski definition) is 3. The summed E-state index contributed by atoms with van der Waals surface area (Å²) in [6.07, 6.45) is 2.15. The zero-order chi connectivity index (χ0) is 21.9. The number of aliphatic carboxylic acids is 1. The summed E-state index contributed by atoms with van der Waals surface area (Å²) in [4.78, 5) is 24.0. The predicted octanol–water partition coefficient (Wildman–Crippen LogP) is 3.83. The molecular formula is C26H28N2O3. The fourth-order valence-corrected chi connectivity index (χ4v) is 3.35. The van der Waals surface area contributed by atoms with Crippen molar-refractivity contribution in [2.24, 2.45) is 0 Å². The van der Waals surface area contributed by atoms with Crippen molar-refractivity contribution in [1.29, 1.82) is 0 Å². The van der Waals surface area contributed by atoms with Gasteiger partial charge in [0.15, 0.2) is 0 Å². The molecule has 3 rings (SSSR count). The van der Waals surface area contributed by atoms with Crippen molar-refractivity contribution in [2.45, 2.75) is 31.8 Å². The number of aryl methyl sites for hydroxylation is 1. The maximum Gasteiger partial charge on any atom is 0.321 e. The van der Waals surface area contributed by atoms with Gasteiger partial charge in [0.1, 0.15) is 6.04 Å². The molecule has 0 spiro atoms. The third-order valence-corrected chi connectivity index (χ3v) is 5.12. The monoisotopic (exact) mass is 416 g/mol. The number of amides is 1. The van der Waals surface area contributed by atoms with Crippen molar-refractivity contribution in [3.8, 4) is 0 Å². The Balaban J connectivity index is 1.46. The zero-order valence-corrected chi connectivity index (χ0v) is 17.5. The first-order chi connectivity index (χ1) is 15.1. The third-order valence-electron chi connectivity index (χ3n) is 5.12. The van der Waals surface area contributed by atoms with E-state index < -0.39 is 12.0 Å². The highest BCUT2D eigenvalue weighted by atomic mass is 16.4. The van der Waals surface area contributed by atoms with E-state index in [1.807, 2.05) is 60.7 Å². The summed E-state index contributed by atoms with van der Waals surface area (Å²) in [6, 6.07) is 26.3. The van der Waals surface area contributed by atoms with Crippen LogP contribution in [0, 0.1) is 0 Å². The number of carbonyl (C=O) groups is 2. The summed E-state index contributed by atoms with van der Waals surface area (Å²) >= 11 is 0. The molecular weight excluding hydrogens is 388 g/mol. The summed E-state index contributed by atoms with van der Waals surface area (Å²) in [6.45, 7) is 1.10. The number of rotatable bonds is 11. The van der Waals surface area contributed by atoms with Gasteiger partial charge in [-0.2, -0.15) is 0 Å². The first-order valence-electron chi connectivity index (χ1n) is 10.5. The molecule has 5 nitrogen and oxygen atoms in total. The van der Waals surface area contributed by atoms with Gasteiger partial charge in [-0.25, -0.2) is 0 Å². The zero-order valence-electron chi connectivity index (χ0n) is 17.5. The van der Waals surface area contributed by atoms with E-state index in [0.29, 0.717) is 25.1 Å². The molecule has 3 aromatic rings. The molecule has 0 heterocycles. The summed E-state index contributed by atoms with van der Waals surface area (Å²) in [5.74, 6) is -1.01. The van der Waals surface area contributed by atoms with Gasteiger partial charge in [0.05, 0.1) is 0 Å². The topological polar surface area (TPSA) is 78.4 Å². The minimum absolute atomic E-state index is 0.114. The number of carboxylic acids is 1. The van der Waals surface area contributed by atoms with Crippen molar-refractivity contribution < 1.29 is 14.7 Å². The van der Waals surface area contributed by atoms with Crippen LogP contribution in [-0.2, 0) is 24.2 Å². The van der Waals surface area contributed by atoms with Crippen molar-refractivity contribution in [1.82, 2.24) is 10.6 Å². The Kier molecular flexibility index (Phi) is 8.38. The van der Waals surface area contributed by atoms with Gasteiger partial charge in [0, 0.05) is 18.7 Å². The van der Waals surface area contributed by atoms with Gasteiger partial charge in [0.25, 0.3) is 5.91 Å². The van der Waals surface area contributed by atoms with Crippen LogP contribution in [0.15, 0.2) is 84.9 Å². The smallest absolute Gasteiger partial charge is 0.321 e. The Morgan fingerprint density at radius 3 is 2.00 bits per heavy atom. The van der Waals surface area contributed by atoms with Crippen molar-refractivity contribution in [2.75, 3.05) is 6.54 Å². The van der Waals surface area contributed by atoms with Gasteiger partial charge in [0.2, 0.25) is 0 Å². The highest BCUT2D eigenvalue weighted by molar-refractivity contribution is 5.94. The van der Waals surface area contributed by atoms with Gasteiger partial charge in [-0.05, 0) is 48.1 Å². The summed E-state index contributed by atoms with van der Waals surface area (Å²) in [7, 11) is 0. The number of benzene rings is 3. The molecule has 31 heavy (non-hydrogen) atoms. The lowest BCUT2D eigenvalue weighted by Gasteiger charge is -2.15. The molecule has 3 aromatic carbocycles. The van der Waals surface area contributed by atoms with Crippen LogP contribution in [0.2, 0.25) is 0 Å². The first kappa shape index (κ1) is 22.2. The predicted molar refractivity (Wildman–Crippen MR) is 122 cm³/mol. The van der Waals surface area contributed by atoms with E-state index in [4.69, 9.17) is 0 Å². The molecule has 1 atom stereocenters. The largest absolute Gasteiger partial charge is 0.480 e. The Hall–Kier alpha value is -3.44. The van der Waals surface area contributed by atoms with Crippen molar-refractivity contribution >= 4 is 11.9 Å². The van der Waals surface area contributed by atoms with E-state index in [0.717, 1.165) is 24.0 Å². The van der Waals surface area contributed by atoms with Crippen LogP contribution in [-0.4, -0.2) is 29.6 Å². The fraction of sp³-hybridized carbons (Fsp3) is 0.231. The van der Waals surface area contributed by atoms with Crippen molar-refractivity contribution in [3.05, 3.63) is 107 Å². The molecule has 0 aliphatic carbocycles. The number of hydrogen-bond acceptors (Lipinski definition) is 3. The van der Waals surface area contributed by atoms with Gasteiger partial charge >= 0.3 is 5.97 Å². The average Bonchev–Trinajstić information content (AvgIpc) is 2.81. The van der Waals surface area contributed by atoms with Crippen molar-refractivity contribution in [3.63, 3.8) is 0 Å². The minimum atomic E-state index is -0.892. The van der Waals surface area contributed by atoms with Crippen LogP contribution in [0.4, 0.5) is 0 Å². The van der Waals surface area contributed by atoms with Gasteiger partial charge in [-0.3, -0.25) is 9.59 Å². The van der Waals surface area contributed by atoms with E-state index >= 15 is 0 Å². The minimum Gasteiger partial charge on any atom is -0.480 e. The Morgan fingerprint density at radius 1 is 0.774 bits per heavy atom. The van der Waals surface area contributed by atoms with Gasteiger partial charge in [-0.15, -0.1) is 0 Å². The normalized spacial score (nSPS) is 11.6. The molecule has 0 bridgehead atoms. The second-order valence-corrected chi connectivity index (χ2v) is 7.50. The molecule has 0 aromatic heterocycles. The third kappa shape index (κ3) is 7.39. The number of carboxylic acid groups (broad SMARTS) is 1. The molecule has 0 aliphatic heterocycles. The lowest BCUT2D eigenvalue weighted by Crippen LogP contribution is -2.38. The van der Waals surface area contributed by atoms with Gasteiger partial charge < -0.3 is 15.7 Å². The Morgan fingerprint density at radius 2 is 1.39 bits per heavy atom. The quantitative estimate of drug-likeness (QED) is 0.415. The van der Waals surface area contributed by atoms with Crippen LogP contribution in [0.5, 0.6) is 0 Å². The van der Waals surface area contributed by atoms with E-state index in [1.54, 1.807) is 12.1 Å². The summed E-state index contributed by atoms with van der Waals surface area (Å²) in [5, 5.41) is 15.6. The molecule has 0 saturated carbocycles. The van der Waals surface area contributed by atoms with Crippen LogP contribution in [0.25, 0.3) is 0 Å². The SMILES string of the molecule is O=C(NCCCc1ccccc1)c1ccc(CC(NCc2ccccc2)C(=O)O)cc1. The van der Waals surface area contributed by atoms with Crippen LogP contribution in [0.3, 0.4) is 0 Å². The molecule has 0 fully saturated rings. The average molecular weight is 417 g/mol. The molecule has 0 saturated heterocycles. The molecule has 1 amide bonds. The van der Waals surface area contributed by atoms with Gasteiger partial charge in [-0.1, -0.05) is 72.8 Å². The second-order valence-electron chi connectivity index (χ2n) is 7.50. The van der Waals surface area contributed by atoms with E-state index in [1.165, 1.54) is 5.56 Å². The molecule has 3 N–H and O–H groups in total. The summed E-state index contributed by atoms with van der Waals surface area (Å²) < 4.78 is 0. The highest BCUT2D eigenvalue weighted by Crippen LogP contribution is 2.09. The lowest BCUT2D eigenvalue weighted by atomic mass is 10.0. The Bertz CT molecular complexity index is 957. The molecule has 1 unspecified atom stereocenters. The fourth-order valence-electron chi connectivity index (χ4n) is 3.35. The van der Waals surface area contributed by atoms with Crippen LogP contribution in [0.1, 0.15) is 33.5 Å². The maximum atomic E-state index is 12.3. The number of nitrogens with one attached hydrogen (secondary N) is 2. The van der Waals surface area contributed by atoms with Crippen LogP contribution < -0.4 is 10.6 Å². The molecule has 160 valence electrons. The Labute approximate surface area is 183 Å². The first-order valence-corrected chi connectivity index (χ1v) is 10.5. The molecule has 0 aliphatic rings. The molecule has 0 radical (unpaired) electrons. The number of carbonyl (C=O) groups excluding carboxylic acids is 1. The highest BCUT2D eigenvalue weighted by Gasteiger charge is 2.17. The second kappa shape index (κ2) is 11.7. The lowest BCUT2D eigenvalue weighted by molar-refractivity contribution is -0.139. The van der Waals surface area contributed by atoms with E-state index in [-0.39, 0.29) is 5.91 Å². The summed E-state index contributed by atoms with van der Waals surface area (Å²) in [5.41, 5.74) is 3.74. The maximum absolute atomic E-state index is 12.3. The van der Waals surface area contributed by atoms with Crippen LogP contribution >= 0.6 is 0 Å². The van der Waals surface area contributed by atoms with E-state index in [9.17, 15) is 14.7 Å². The standard InChI is InChI=1S/C26H28N2O3/c29-25(27-17-7-12-20-8-3-1-4-9-20)23-15-13-21(14-16-23)18-24(26(30)31)28-19-22-10-5-2-6-11-22/h1-6,8-11,13-16,24,28H,7,12,17-19H2,(H,27,29)(H,30,31).